The van der Waals surface area contributed by atoms with Gasteiger partial charge >= 0.3 is 5.97 Å². The highest BCUT2D eigenvalue weighted by Gasteiger charge is 2.10. The van der Waals surface area contributed by atoms with Gasteiger partial charge in [-0.05, 0) is 43.5 Å². The van der Waals surface area contributed by atoms with Crippen LogP contribution in [-0.4, -0.2) is 25.7 Å². The molecule has 2 rings (SSSR count). The van der Waals surface area contributed by atoms with Crippen molar-refractivity contribution >= 4 is 42.1 Å². The number of nitrogens with zero attached hydrogens (tertiary/aromatic N) is 1. The number of rotatable bonds is 6. The maximum Gasteiger partial charge on any atom is 0.330 e. The molecule has 0 aliphatic carbocycles. The molecule has 0 bridgehead atoms. The smallest absolute Gasteiger partial charge is 0.330 e. The topological polar surface area (TPSA) is 67.8 Å². The summed E-state index contributed by atoms with van der Waals surface area (Å²) < 4.78 is 4.54. The standard InChI is InChI=1S/C21H20N2O3/c1-4-6-16-7-5-8-18(20(16)22-2)23-21(25)17-12-9-15(10-13-17)11-14-19(24)26-3/h4-14H,2H2,1,3H3,(H,23,25)/b6-4-,14-11+. The van der Waals surface area contributed by atoms with Gasteiger partial charge in [-0.1, -0.05) is 36.4 Å². The molecule has 0 saturated carbocycles. The van der Waals surface area contributed by atoms with E-state index in [-0.39, 0.29) is 5.91 Å². The van der Waals surface area contributed by atoms with E-state index in [9.17, 15) is 9.59 Å². The fourth-order valence-electron chi connectivity index (χ4n) is 2.33. The maximum absolute atomic E-state index is 12.5. The second kappa shape index (κ2) is 9.13. The molecule has 5 nitrogen and oxygen atoms in total. The third kappa shape index (κ3) is 4.77. The predicted molar refractivity (Wildman–Crippen MR) is 106 cm³/mol. The number of nitrogens with one attached hydrogen (secondary N) is 1. The van der Waals surface area contributed by atoms with Crippen LogP contribution in [0.25, 0.3) is 12.2 Å². The van der Waals surface area contributed by atoms with Gasteiger partial charge in [-0.15, -0.1) is 0 Å². The summed E-state index contributed by atoms with van der Waals surface area (Å²) in [5.74, 6) is -0.687. The molecule has 26 heavy (non-hydrogen) atoms. The van der Waals surface area contributed by atoms with Crippen LogP contribution in [0.2, 0.25) is 0 Å². The number of hydrogen-bond donors (Lipinski definition) is 1. The van der Waals surface area contributed by atoms with Crippen LogP contribution in [-0.2, 0) is 9.53 Å². The van der Waals surface area contributed by atoms with Crippen molar-refractivity contribution in [3.8, 4) is 0 Å². The number of allylic oxidation sites excluding steroid dienone is 1. The number of amides is 1. The Balaban J connectivity index is 2.18. The molecular weight excluding hydrogens is 328 g/mol. The quantitative estimate of drug-likeness (QED) is 0.475. The molecule has 0 fully saturated rings. The Morgan fingerprint density at radius 1 is 1.12 bits per heavy atom. The van der Waals surface area contributed by atoms with E-state index in [1.807, 2.05) is 31.2 Å². The zero-order valence-corrected chi connectivity index (χ0v) is 14.7. The van der Waals surface area contributed by atoms with Crippen LogP contribution in [0.3, 0.4) is 0 Å². The summed E-state index contributed by atoms with van der Waals surface area (Å²) >= 11 is 0. The van der Waals surface area contributed by atoms with Crippen LogP contribution < -0.4 is 5.32 Å². The average molecular weight is 348 g/mol. The summed E-state index contributed by atoms with van der Waals surface area (Å²) in [4.78, 5) is 27.6. The van der Waals surface area contributed by atoms with Gasteiger partial charge in [0.05, 0.1) is 18.5 Å². The Bertz CT molecular complexity index is 865. The van der Waals surface area contributed by atoms with Gasteiger partial charge < -0.3 is 10.1 Å². The van der Waals surface area contributed by atoms with Gasteiger partial charge in [-0.2, -0.15) is 0 Å². The van der Waals surface area contributed by atoms with Crippen LogP contribution in [0.1, 0.15) is 28.4 Å². The van der Waals surface area contributed by atoms with Crippen molar-refractivity contribution < 1.29 is 14.3 Å². The first-order valence-corrected chi connectivity index (χ1v) is 7.99. The lowest BCUT2D eigenvalue weighted by molar-refractivity contribution is -0.134. The van der Waals surface area contributed by atoms with Crippen LogP contribution in [0.4, 0.5) is 11.4 Å². The fourth-order valence-corrected chi connectivity index (χ4v) is 2.33. The lowest BCUT2D eigenvalue weighted by atomic mass is 10.1. The summed E-state index contributed by atoms with van der Waals surface area (Å²) in [6, 6.07) is 12.4. The number of ether oxygens (including phenoxy) is 1. The molecule has 5 heteroatoms. The van der Waals surface area contributed by atoms with Crippen molar-refractivity contribution in [3.63, 3.8) is 0 Å². The fraction of sp³-hybridized carbons (Fsp3) is 0.0952. The first-order valence-electron chi connectivity index (χ1n) is 7.99. The first-order chi connectivity index (χ1) is 12.6. The van der Waals surface area contributed by atoms with Crippen molar-refractivity contribution in [1.82, 2.24) is 0 Å². The minimum atomic E-state index is -0.433. The molecule has 1 N–H and O–H groups in total. The maximum atomic E-state index is 12.5. The highest BCUT2D eigenvalue weighted by atomic mass is 16.5. The van der Waals surface area contributed by atoms with E-state index < -0.39 is 5.97 Å². The number of anilines is 1. The molecule has 0 radical (unpaired) electrons. The van der Waals surface area contributed by atoms with Crippen LogP contribution in [0, 0.1) is 0 Å². The van der Waals surface area contributed by atoms with Gasteiger partial charge in [0, 0.05) is 17.2 Å². The van der Waals surface area contributed by atoms with Gasteiger partial charge in [0.15, 0.2) is 0 Å². The zero-order chi connectivity index (χ0) is 18.9. The number of methoxy groups -OCH3 is 1. The van der Waals surface area contributed by atoms with Crippen molar-refractivity contribution in [2.24, 2.45) is 4.99 Å². The van der Waals surface area contributed by atoms with Crippen LogP contribution >= 0.6 is 0 Å². The van der Waals surface area contributed by atoms with E-state index in [2.05, 4.69) is 21.8 Å². The number of esters is 1. The Kier molecular flexibility index (Phi) is 6.62. The average Bonchev–Trinajstić information content (AvgIpc) is 2.67. The summed E-state index contributed by atoms with van der Waals surface area (Å²) in [5.41, 5.74) is 3.37. The first kappa shape index (κ1) is 18.9. The second-order valence-electron chi connectivity index (χ2n) is 5.33. The van der Waals surface area contributed by atoms with E-state index in [1.54, 1.807) is 36.4 Å². The van der Waals surface area contributed by atoms with E-state index in [4.69, 9.17) is 0 Å². The van der Waals surface area contributed by atoms with Crippen LogP contribution in [0.5, 0.6) is 0 Å². The largest absolute Gasteiger partial charge is 0.466 e. The molecule has 0 spiro atoms. The Labute approximate surface area is 152 Å². The number of carbonyl (C=O) groups is 2. The van der Waals surface area contributed by atoms with E-state index in [0.717, 1.165) is 11.1 Å². The van der Waals surface area contributed by atoms with Crippen molar-refractivity contribution in [3.05, 3.63) is 71.3 Å². The highest BCUT2D eigenvalue weighted by Crippen LogP contribution is 2.30. The number of aliphatic imine (C=N–C) groups is 1. The Morgan fingerprint density at radius 3 is 2.46 bits per heavy atom. The minimum Gasteiger partial charge on any atom is -0.466 e. The molecule has 0 aromatic heterocycles. The molecular formula is C21H20N2O3. The van der Waals surface area contributed by atoms with E-state index in [1.165, 1.54) is 13.2 Å². The lowest BCUT2D eigenvalue weighted by Crippen LogP contribution is -2.12. The van der Waals surface area contributed by atoms with Crippen LogP contribution in [0.15, 0.2) is 59.6 Å². The second-order valence-corrected chi connectivity index (χ2v) is 5.33. The van der Waals surface area contributed by atoms with E-state index in [0.29, 0.717) is 16.9 Å². The molecule has 2 aromatic rings. The normalized spacial score (nSPS) is 10.8. The molecule has 0 saturated heterocycles. The molecule has 0 heterocycles. The van der Waals surface area contributed by atoms with Gasteiger partial charge in [0.2, 0.25) is 0 Å². The number of para-hydroxylation sites is 1. The van der Waals surface area contributed by atoms with Crippen molar-refractivity contribution in [2.45, 2.75) is 6.92 Å². The predicted octanol–water partition coefficient (Wildman–Crippen LogP) is 4.49. The van der Waals surface area contributed by atoms with E-state index >= 15 is 0 Å². The van der Waals surface area contributed by atoms with Crippen molar-refractivity contribution in [2.75, 3.05) is 12.4 Å². The van der Waals surface area contributed by atoms with Gasteiger partial charge in [-0.25, -0.2) is 4.79 Å². The number of benzene rings is 2. The SMILES string of the molecule is C=Nc1c(/C=C\C)cccc1NC(=O)c1ccc(/C=C/C(=O)OC)cc1. The Hall–Kier alpha value is -3.47. The molecule has 0 aliphatic rings. The minimum absolute atomic E-state index is 0.254. The summed E-state index contributed by atoms with van der Waals surface area (Å²) in [6.45, 7) is 5.50. The zero-order valence-electron chi connectivity index (χ0n) is 14.7. The number of hydrogen-bond acceptors (Lipinski definition) is 4. The van der Waals surface area contributed by atoms with Crippen molar-refractivity contribution in [1.29, 1.82) is 0 Å². The molecule has 1 amide bonds. The molecule has 0 atom stereocenters. The Morgan fingerprint density at radius 2 is 1.85 bits per heavy atom. The summed E-state index contributed by atoms with van der Waals surface area (Å²) in [5, 5.41) is 2.86. The molecule has 0 unspecified atom stereocenters. The summed E-state index contributed by atoms with van der Waals surface area (Å²) in [7, 11) is 1.32. The van der Waals surface area contributed by atoms with Gasteiger partial charge in [0.25, 0.3) is 5.91 Å². The third-order valence-electron chi connectivity index (χ3n) is 3.61. The van der Waals surface area contributed by atoms with Gasteiger partial charge in [-0.3, -0.25) is 9.79 Å². The third-order valence-corrected chi connectivity index (χ3v) is 3.61. The molecule has 132 valence electrons. The number of carbonyl (C=O) groups excluding carboxylic acids is 2. The van der Waals surface area contributed by atoms with Gasteiger partial charge in [0.1, 0.15) is 0 Å². The summed E-state index contributed by atoms with van der Waals surface area (Å²) in [6.07, 6.45) is 6.75. The molecule has 0 aliphatic heterocycles. The lowest BCUT2D eigenvalue weighted by Gasteiger charge is -2.10. The monoisotopic (exact) mass is 348 g/mol. The highest BCUT2D eigenvalue weighted by molar-refractivity contribution is 6.06. The molecule has 2 aromatic carbocycles.